The minimum Gasteiger partial charge on any atom is -0.332 e. The van der Waals surface area contributed by atoms with E-state index in [1.54, 1.807) is 4.90 Å². The van der Waals surface area contributed by atoms with E-state index in [1.807, 2.05) is 18.2 Å². The molecule has 0 radical (unpaired) electrons. The number of hydrogen-bond donors (Lipinski definition) is 0. The van der Waals surface area contributed by atoms with Crippen molar-refractivity contribution in [2.75, 3.05) is 6.54 Å². The maximum Gasteiger partial charge on any atom is 0.220 e. The van der Waals surface area contributed by atoms with Crippen LogP contribution >= 0.6 is 0 Å². The zero-order chi connectivity index (χ0) is 8.27. The van der Waals surface area contributed by atoms with Gasteiger partial charge in [0, 0.05) is 13.5 Å². The molecule has 0 aliphatic carbocycles. The molecule has 0 bridgehead atoms. The molecule has 0 saturated carbocycles. The van der Waals surface area contributed by atoms with E-state index in [4.69, 9.17) is 5.26 Å². The predicted octanol–water partition coefficient (Wildman–Crippen LogP) is 0.687. The summed E-state index contributed by atoms with van der Waals surface area (Å²) in [5.41, 5.74) is 0. The Kier molecular flexibility index (Phi) is 2.27. The molecule has 58 valence electrons. The zero-order valence-corrected chi connectivity index (χ0v) is 6.45. The van der Waals surface area contributed by atoms with E-state index in [9.17, 15) is 4.79 Å². The van der Waals surface area contributed by atoms with E-state index in [0.717, 1.165) is 0 Å². The predicted molar refractivity (Wildman–Crippen MR) is 40.5 cm³/mol. The standard InChI is InChI=1S/C8H10N2O/c1-7(11)10-6-2-3-8(10)4-5-9/h2-3,8H,4,6H2,1H3/t8-/m0/s1. The lowest BCUT2D eigenvalue weighted by Gasteiger charge is -2.20. The Morgan fingerprint density at radius 1 is 1.91 bits per heavy atom. The number of nitriles is 1. The monoisotopic (exact) mass is 150 g/mol. The fraction of sp³-hybridized carbons (Fsp3) is 0.500. The Morgan fingerprint density at radius 3 is 3.18 bits per heavy atom. The smallest absolute Gasteiger partial charge is 0.220 e. The van der Waals surface area contributed by atoms with Gasteiger partial charge < -0.3 is 4.90 Å². The topological polar surface area (TPSA) is 44.1 Å². The molecule has 0 aromatic rings. The van der Waals surface area contributed by atoms with E-state index in [0.29, 0.717) is 13.0 Å². The first kappa shape index (κ1) is 7.80. The van der Waals surface area contributed by atoms with Gasteiger partial charge in [-0.25, -0.2) is 0 Å². The van der Waals surface area contributed by atoms with Crippen LogP contribution < -0.4 is 0 Å². The molecule has 1 heterocycles. The van der Waals surface area contributed by atoms with Gasteiger partial charge in [0.1, 0.15) is 0 Å². The highest BCUT2D eigenvalue weighted by Crippen LogP contribution is 2.12. The molecule has 3 heteroatoms. The molecule has 0 spiro atoms. The number of nitrogens with zero attached hydrogens (tertiary/aromatic N) is 2. The lowest BCUT2D eigenvalue weighted by molar-refractivity contribution is -0.129. The van der Waals surface area contributed by atoms with Crippen LogP contribution in [0.4, 0.5) is 0 Å². The molecule has 1 aliphatic rings. The van der Waals surface area contributed by atoms with Gasteiger partial charge in [-0.15, -0.1) is 0 Å². The van der Waals surface area contributed by atoms with E-state index in [1.165, 1.54) is 6.92 Å². The zero-order valence-electron chi connectivity index (χ0n) is 6.45. The molecule has 0 unspecified atom stereocenters. The first-order valence-corrected chi connectivity index (χ1v) is 3.56. The molecule has 1 atom stereocenters. The summed E-state index contributed by atoms with van der Waals surface area (Å²) in [7, 11) is 0. The van der Waals surface area contributed by atoms with Crippen molar-refractivity contribution in [1.29, 1.82) is 5.26 Å². The van der Waals surface area contributed by atoms with Crippen LogP contribution in [0.25, 0.3) is 0 Å². The summed E-state index contributed by atoms with van der Waals surface area (Å²) >= 11 is 0. The first-order chi connectivity index (χ1) is 5.25. The van der Waals surface area contributed by atoms with Gasteiger partial charge in [0.2, 0.25) is 5.91 Å². The van der Waals surface area contributed by atoms with Gasteiger partial charge >= 0.3 is 0 Å². The Balaban J connectivity index is 2.57. The van der Waals surface area contributed by atoms with Crippen LogP contribution in [0, 0.1) is 11.3 Å². The molecule has 11 heavy (non-hydrogen) atoms. The van der Waals surface area contributed by atoms with Gasteiger partial charge in [-0.2, -0.15) is 5.26 Å². The quantitative estimate of drug-likeness (QED) is 0.516. The molecule has 1 rings (SSSR count). The van der Waals surface area contributed by atoms with Gasteiger partial charge in [0.25, 0.3) is 0 Å². The van der Waals surface area contributed by atoms with E-state index in [-0.39, 0.29) is 11.9 Å². The summed E-state index contributed by atoms with van der Waals surface area (Å²) in [6.07, 6.45) is 4.23. The Labute approximate surface area is 65.9 Å². The third-order valence-corrected chi connectivity index (χ3v) is 1.77. The highest BCUT2D eigenvalue weighted by molar-refractivity contribution is 5.74. The number of rotatable bonds is 1. The van der Waals surface area contributed by atoms with Crippen molar-refractivity contribution in [2.24, 2.45) is 0 Å². The van der Waals surface area contributed by atoms with Gasteiger partial charge in [-0.3, -0.25) is 4.79 Å². The summed E-state index contributed by atoms with van der Waals surface area (Å²) in [4.78, 5) is 12.6. The van der Waals surface area contributed by atoms with E-state index in [2.05, 4.69) is 0 Å². The lowest BCUT2D eigenvalue weighted by atomic mass is 10.2. The van der Waals surface area contributed by atoms with Crippen molar-refractivity contribution in [3.05, 3.63) is 12.2 Å². The Hall–Kier alpha value is -1.30. The summed E-state index contributed by atoms with van der Waals surface area (Å²) in [6.45, 7) is 2.18. The van der Waals surface area contributed by atoms with Gasteiger partial charge in [0.15, 0.2) is 0 Å². The summed E-state index contributed by atoms with van der Waals surface area (Å²) in [5.74, 6) is 0.0373. The largest absolute Gasteiger partial charge is 0.332 e. The maximum absolute atomic E-state index is 10.9. The molecule has 0 N–H and O–H groups in total. The molecular formula is C8H10N2O. The highest BCUT2D eigenvalue weighted by Gasteiger charge is 2.20. The van der Waals surface area contributed by atoms with Crippen LogP contribution in [0.2, 0.25) is 0 Å². The summed E-state index contributed by atoms with van der Waals surface area (Å²) in [6, 6.07) is 2.06. The minimum atomic E-state index is 0.0116. The molecule has 3 nitrogen and oxygen atoms in total. The van der Waals surface area contributed by atoms with Gasteiger partial charge in [-0.05, 0) is 0 Å². The Morgan fingerprint density at radius 2 is 2.64 bits per heavy atom. The van der Waals surface area contributed by atoms with Crippen molar-refractivity contribution < 1.29 is 4.79 Å². The number of carbonyl (C=O) groups is 1. The van der Waals surface area contributed by atoms with Crippen LogP contribution in [0.3, 0.4) is 0 Å². The second kappa shape index (κ2) is 3.20. The molecule has 0 aromatic carbocycles. The maximum atomic E-state index is 10.9. The van der Waals surface area contributed by atoms with Crippen LogP contribution in [0.1, 0.15) is 13.3 Å². The fourth-order valence-corrected chi connectivity index (χ4v) is 1.20. The first-order valence-electron chi connectivity index (χ1n) is 3.56. The second-order valence-electron chi connectivity index (χ2n) is 2.53. The third kappa shape index (κ3) is 1.58. The molecule has 0 saturated heterocycles. The van der Waals surface area contributed by atoms with Crippen molar-refractivity contribution >= 4 is 5.91 Å². The molecule has 1 aliphatic heterocycles. The van der Waals surface area contributed by atoms with Crippen molar-refractivity contribution in [3.63, 3.8) is 0 Å². The van der Waals surface area contributed by atoms with E-state index >= 15 is 0 Å². The molecule has 0 fully saturated rings. The van der Waals surface area contributed by atoms with Crippen LogP contribution in [-0.2, 0) is 4.79 Å². The van der Waals surface area contributed by atoms with Gasteiger partial charge in [-0.1, -0.05) is 12.2 Å². The van der Waals surface area contributed by atoms with Crippen LogP contribution in [-0.4, -0.2) is 23.4 Å². The average molecular weight is 150 g/mol. The van der Waals surface area contributed by atoms with E-state index < -0.39 is 0 Å². The summed E-state index contributed by atoms with van der Waals surface area (Å²) < 4.78 is 0. The lowest BCUT2D eigenvalue weighted by Crippen LogP contribution is -2.33. The Bertz CT molecular complexity index is 227. The fourth-order valence-electron chi connectivity index (χ4n) is 1.20. The average Bonchev–Trinajstić information content (AvgIpc) is 2.36. The molecular weight excluding hydrogens is 140 g/mol. The third-order valence-electron chi connectivity index (χ3n) is 1.77. The van der Waals surface area contributed by atoms with Crippen molar-refractivity contribution in [3.8, 4) is 6.07 Å². The highest BCUT2D eigenvalue weighted by atomic mass is 16.2. The SMILES string of the molecule is CC(=O)N1CC=C[C@H]1CC#N. The second-order valence-corrected chi connectivity index (χ2v) is 2.53. The number of carbonyl (C=O) groups excluding carboxylic acids is 1. The van der Waals surface area contributed by atoms with Gasteiger partial charge in [0.05, 0.1) is 18.5 Å². The van der Waals surface area contributed by atoms with Crippen molar-refractivity contribution in [2.45, 2.75) is 19.4 Å². The minimum absolute atomic E-state index is 0.0116. The van der Waals surface area contributed by atoms with Crippen molar-refractivity contribution in [1.82, 2.24) is 4.90 Å². The number of amides is 1. The normalized spacial score (nSPS) is 21.8. The molecule has 1 amide bonds. The van der Waals surface area contributed by atoms with Crippen LogP contribution in [0.5, 0.6) is 0 Å². The summed E-state index contributed by atoms with van der Waals surface area (Å²) in [5, 5.41) is 8.40. The molecule has 0 aromatic heterocycles. The number of hydrogen-bond acceptors (Lipinski definition) is 2. The van der Waals surface area contributed by atoms with Crippen LogP contribution in [0.15, 0.2) is 12.2 Å².